The lowest BCUT2D eigenvalue weighted by atomic mass is 9.91. The van der Waals surface area contributed by atoms with Gasteiger partial charge in [0.1, 0.15) is 0 Å². The summed E-state index contributed by atoms with van der Waals surface area (Å²) in [5, 5.41) is 0. The maximum Gasteiger partial charge on any atom is -0.0165 e. The minimum absolute atomic E-state index is 0.760. The standard InChI is InChI=1S/C17H26/c1-3-5-6-7-8-10-13-16(4-2)17-14-11-9-12-15-17/h3,9,11-12,14-16H,1,4-8,10,13H2,2H3. The van der Waals surface area contributed by atoms with Crippen molar-refractivity contribution in [1.82, 2.24) is 0 Å². The lowest BCUT2D eigenvalue weighted by Gasteiger charge is -2.14. The van der Waals surface area contributed by atoms with E-state index in [0.29, 0.717) is 0 Å². The molecule has 0 aliphatic rings. The highest BCUT2D eigenvalue weighted by molar-refractivity contribution is 5.19. The lowest BCUT2D eigenvalue weighted by molar-refractivity contribution is 0.538. The minimum atomic E-state index is 0.760. The first-order valence-corrected chi connectivity index (χ1v) is 7.04. The van der Waals surface area contributed by atoms with E-state index < -0.39 is 0 Å². The van der Waals surface area contributed by atoms with E-state index >= 15 is 0 Å². The maximum atomic E-state index is 3.76. The van der Waals surface area contributed by atoms with Gasteiger partial charge in [0, 0.05) is 0 Å². The third-order valence-corrected chi connectivity index (χ3v) is 3.47. The first kappa shape index (κ1) is 14.0. The highest BCUT2D eigenvalue weighted by atomic mass is 14.1. The molecule has 0 aliphatic heterocycles. The number of allylic oxidation sites excluding steroid dienone is 1. The van der Waals surface area contributed by atoms with Gasteiger partial charge in [0.2, 0.25) is 0 Å². The second-order valence-electron chi connectivity index (χ2n) is 4.80. The van der Waals surface area contributed by atoms with Gasteiger partial charge in [-0.2, -0.15) is 0 Å². The molecule has 0 heteroatoms. The molecule has 0 heterocycles. The van der Waals surface area contributed by atoms with Crippen molar-refractivity contribution in [2.75, 3.05) is 0 Å². The van der Waals surface area contributed by atoms with Crippen molar-refractivity contribution in [3.63, 3.8) is 0 Å². The molecule has 1 aromatic carbocycles. The highest BCUT2D eigenvalue weighted by Gasteiger charge is 2.07. The van der Waals surface area contributed by atoms with E-state index in [2.05, 4.69) is 43.8 Å². The fourth-order valence-corrected chi connectivity index (χ4v) is 2.36. The zero-order chi connectivity index (χ0) is 12.3. The zero-order valence-electron chi connectivity index (χ0n) is 11.2. The number of hydrogen-bond donors (Lipinski definition) is 0. The van der Waals surface area contributed by atoms with Crippen LogP contribution in [0.25, 0.3) is 0 Å². The predicted octanol–water partition coefficient (Wildman–Crippen LogP) is 5.71. The van der Waals surface area contributed by atoms with Crippen LogP contribution in [0.5, 0.6) is 0 Å². The molecule has 0 fully saturated rings. The van der Waals surface area contributed by atoms with E-state index in [1.807, 2.05) is 6.08 Å². The Kier molecular flexibility index (Phi) is 7.46. The number of unbranched alkanes of at least 4 members (excludes halogenated alkanes) is 4. The first-order chi connectivity index (χ1) is 8.38. The van der Waals surface area contributed by atoms with E-state index in [4.69, 9.17) is 0 Å². The average Bonchev–Trinajstić information content (AvgIpc) is 2.39. The Bertz CT molecular complexity index is 286. The van der Waals surface area contributed by atoms with Crippen molar-refractivity contribution in [3.8, 4) is 0 Å². The van der Waals surface area contributed by atoms with Gasteiger partial charge in [0.25, 0.3) is 0 Å². The Balaban J connectivity index is 2.22. The van der Waals surface area contributed by atoms with E-state index in [1.54, 1.807) is 0 Å². The zero-order valence-corrected chi connectivity index (χ0v) is 11.2. The molecule has 0 nitrogen and oxygen atoms in total. The summed E-state index contributed by atoms with van der Waals surface area (Å²) in [5.74, 6) is 0.760. The molecule has 0 spiro atoms. The fourth-order valence-electron chi connectivity index (χ4n) is 2.36. The molecule has 1 rings (SSSR count). The van der Waals surface area contributed by atoms with Crippen molar-refractivity contribution in [3.05, 3.63) is 48.6 Å². The topological polar surface area (TPSA) is 0 Å². The summed E-state index contributed by atoms with van der Waals surface area (Å²) in [6.07, 6.45) is 11.2. The van der Waals surface area contributed by atoms with Crippen molar-refractivity contribution in [1.29, 1.82) is 0 Å². The Morgan fingerprint density at radius 3 is 2.41 bits per heavy atom. The monoisotopic (exact) mass is 230 g/mol. The van der Waals surface area contributed by atoms with Crippen LogP contribution in [0, 0.1) is 0 Å². The molecule has 0 aliphatic carbocycles. The molecule has 1 unspecified atom stereocenters. The van der Waals surface area contributed by atoms with Gasteiger partial charge in [-0.25, -0.2) is 0 Å². The van der Waals surface area contributed by atoms with Crippen molar-refractivity contribution < 1.29 is 0 Å². The molecule has 17 heavy (non-hydrogen) atoms. The van der Waals surface area contributed by atoms with Crippen LogP contribution >= 0.6 is 0 Å². The van der Waals surface area contributed by atoms with Crippen LogP contribution in [0.4, 0.5) is 0 Å². The van der Waals surface area contributed by atoms with Crippen molar-refractivity contribution in [2.24, 2.45) is 0 Å². The van der Waals surface area contributed by atoms with Gasteiger partial charge in [-0.1, -0.05) is 62.6 Å². The average molecular weight is 230 g/mol. The molecule has 1 aromatic rings. The third kappa shape index (κ3) is 5.72. The molecule has 0 N–H and O–H groups in total. The Morgan fingerprint density at radius 1 is 1.06 bits per heavy atom. The van der Waals surface area contributed by atoms with Gasteiger partial charge < -0.3 is 0 Å². The van der Waals surface area contributed by atoms with Crippen LogP contribution in [0.3, 0.4) is 0 Å². The summed E-state index contributed by atoms with van der Waals surface area (Å²) in [6.45, 7) is 6.06. The van der Waals surface area contributed by atoms with Gasteiger partial charge >= 0.3 is 0 Å². The summed E-state index contributed by atoms with van der Waals surface area (Å²) in [7, 11) is 0. The predicted molar refractivity (Wildman–Crippen MR) is 77.4 cm³/mol. The summed E-state index contributed by atoms with van der Waals surface area (Å²) in [4.78, 5) is 0. The highest BCUT2D eigenvalue weighted by Crippen LogP contribution is 2.25. The third-order valence-electron chi connectivity index (χ3n) is 3.47. The van der Waals surface area contributed by atoms with E-state index in [-0.39, 0.29) is 0 Å². The van der Waals surface area contributed by atoms with Gasteiger partial charge in [0.05, 0.1) is 0 Å². The quantitative estimate of drug-likeness (QED) is 0.376. The molecule has 0 aromatic heterocycles. The van der Waals surface area contributed by atoms with Gasteiger partial charge in [-0.05, 0) is 37.2 Å². The molecule has 1 atom stereocenters. The van der Waals surface area contributed by atoms with Crippen LogP contribution in [0.1, 0.15) is 63.4 Å². The Morgan fingerprint density at radius 2 is 1.76 bits per heavy atom. The van der Waals surface area contributed by atoms with Gasteiger partial charge in [0.15, 0.2) is 0 Å². The van der Waals surface area contributed by atoms with E-state index in [1.165, 1.54) is 50.5 Å². The molecule has 0 amide bonds. The summed E-state index contributed by atoms with van der Waals surface area (Å²) in [5.41, 5.74) is 1.51. The molecular formula is C17H26. The van der Waals surface area contributed by atoms with Crippen LogP contribution in [-0.2, 0) is 0 Å². The summed E-state index contributed by atoms with van der Waals surface area (Å²) in [6, 6.07) is 11.0. The minimum Gasteiger partial charge on any atom is -0.103 e. The van der Waals surface area contributed by atoms with Crippen molar-refractivity contribution >= 4 is 0 Å². The van der Waals surface area contributed by atoms with E-state index in [0.717, 1.165) is 5.92 Å². The Hall–Kier alpha value is -1.04. The number of benzene rings is 1. The summed E-state index contributed by atoms with van der Waals surface area (Å²) < 4.78 is 0. The largest absolute Gasteiger partial charge is 0.103 e. The molecule has 0 radical (unpaired) electrons. The summed E-state index contributed by atoms with van der Waals surface area (Å²) >= 11 is 0. The molecule has 0 saturated heterocycles. The van der Waals surface area contributed by atoms with Crippen molar-refractivity contribution in [2.45, 2.75) is 57.8 Å². The van der Waals surface area contributed by atoms with Crippen LogP contribution in [0.15, 0.2) is 43.0 Å². The van der Waals surface area contributed by atoms with Crippen LogP contribution in [-0.4, -0.2) is 0 Å². The van der Waals surface area contributed by atoms with Crippen LogP contribution < -0.4 is 0 Å². The van der Waals surface area contributed by atoms with E-state index in [9.17, 15) is 0 Å². The first-order valence-electron chi connectivity index (χ1n) is 7.04. The fraction of sp³-hybridized carbons (Fsp3) is 0.529. The number of hydrogen-bond acceptors (Lipinski definition) is 0. The van der Waals surface area contributed by atoms with Gasteiger partial charge in [-0.3, -0.25) is 0 Å². The Labute approximate surface area is 107 Å². The molecular weight excluding hydrogens is 204 g/mol. The number of rotatable bonds is 9. The molecule has 0 saturated carbocycles. The smallest absolute Gasteiger partial charge is 0.0165 e. The maximum absolute atomic E-state index is 3.76. The van der Waals surface area contributed by atoms with Gasteiger partial charge in [-0.15, -0.1) is 6.58 Å². The lowest BCUT2D eigenvalue weighted by Crippen LogP contribution is -1.97. The van der Waals surface area contributed by atoms with Crippen LogP contribution in [0.2, 0.25) is 0 Å². The normalized spacial score (nSPS) is 12.3. The second-order valence-corrected chi connectivity index (χ2v) is 4.80. The SMILES string of the molecule is C=CCCCCCCC(CC)c1ccccc1. The molecule has 0 bridgehead atoms. The second kappa shape index (κ2) is 9.04. The molecule has 94 valence electrons.